The van der Waals surface area contributed by atoms with Crippen LogP contribution in [-0.2, 0) is 24.2 Å². The van der Waals surface area contributed by atoms with Crippen LogP contribution in [0.5, 0.6) is 5.75 Å². The highest BCUT2D eigenvalue weighted by Crippen LogP contribution is 2.42. The molecule has 3 aliphatic rings. The van der Waals surface area contributed by atoms with Crippen LogP contribution >= 0.6 is 11.3 Å². The maximum Gasteiger partial charge on any atom is 0.226 e. The van der Waals surface area contributed by atoms with E-state index in [2.05, 4.69) is 26.3 Å². The van der Waals surface area contributed by atoms with E-state index in [0.717, 1.165) is 57.9 Å². The second-order valence-corrected chi connectivity index (χ2v) is 9.84. The van der Waals surface area contributed by atoms with Crippen molar-refractivity contribution in [3.05, 3.63) is 40.0 Å². The first kappa shape index (κ1) is 20.1. The average Bonchev–Trinajstić information content (AvgIpc) is 3.41. The molecule has 1 aromatic carbocycles. The first-order valence-electron chi connectivity index (χ1n) is 11.1. The van der Waals surface area contributed by atoms with E-state index >= 15 is 0 Å². The standard InChI is InChI=1S/C24H22N6O2S/c1-32-19-5-16-9-26-8-15(16)4-18(19)29-22-21-17-3-2-14(24(31)30-10-13(7-25)11-30)6-20(17)33-23(21)28-12-27-22/h4-5,8,12-14H,2-3,6,9-11H2,1H3,(H,27,28,29). The SMILES string of the molecule is COc1cc2c(cc1Nc1ncnc3sc4c(c13)CCC(C(=O)N1CC(C#N)C1)C4)C=NC2. The van der Waals surface area contributed by atoms with Gasteiger partial charge in [-0.1, -0.05) is 0 Å². The number of aryl methyl sites for hydroxylation is 1. The van der Waals surface area contributed by atoms with Gasteiger partial charge in [0.25, 0.3) is 0 Å². The molecule has 1 unspecified atom stereocenters. The van der Waals surface area contributed by atoms with Gasteiger partial charge in [0.05, 0.1) is 36.7 Å². The van der Waals surface area contributed by atoms with E-state index in [9.17, 15) is 4.79 Å². The molecule has 6 rings (SSSR count). The van der Waals surface area contributed by atoms with Crippen LogP contribution in [0.25, 0.3) is 10.2 Å². The Bertz CT molecular complexity index is 1350. The van der Waals surface area contributed by atoms with E-state index in [1.165, 1.54) is 10.4 Å². The van der Waals surface area contributed by atoms with Gasteiger partial charge in [0.1, 0.15) is 22.7 Å². The lowest BCUT2D eigenvalue weighted by molar-refractivity contribution is -0.141. The number of likely N-dealkylation sites (tertiary alicyclic amines) is 1. The van der Waals surface area contributed by atoms with E-state index < -0.39 is 0 Å². The van der Waals surface area contributed by atoms with Crippen LogP contribution in [0.4, 0.5) is 11.5 Å². The number of ether oxygens (including phenoxy) is 1. The highest BCUT2D eigenvalue weighted by molar-refractivity contribution is 7.19. The van der Waals surface area contributed by atoms with Crippen molar-refractivity contribution in [2.75, 3.05) is 25.5 Å². The third-order valence-corrected chi connectivity index (χ3v) is 7.94. The molecule has 33 heavy (non-hydrogen) atoms. The van der Waals surface area contributed by atoms with Gasteiger partial charge in [-0.05, 0) is 48.1 Å². The molecule has 0 spiro atoms. The number of rotatable bonds is 4. The topological polar surface area (TPSA) is 103 Å². The smallest absolute Gasteiger partial charge is 0.226 e. The number of thiophene rings is 1. The molecule has 9 heteroatoms. The number of hydrogen-bond acceptors (Lipinski definition) is 8. The molecule has 0 radical (unpaired) electrons. The fourth-order valence-corrected chi connectivity index (χ4v) is 6.21. The van der Waals surface area contributed by atoms with Crippen LogP contribution in [0.1, 0.15) is 28.0 Å². The summed E-state index contributed by atoms with van der Waals surface area (Å²) >= 11 is 1.65. The zero-order valence-corrected chi connectivity index (χ0v) is 19.0. The summed E-state index contributed by atoms with van der Waals surface area (Å²) < 4.78 is 5.62. The largest absolute Gasteiger partial charge is 0.495 e. The Balaban J connectivity index is 1.30. The van der Waals surface area contributed by atoms with Crippen molar-refractivity contribution < 1.29 is 9.53 Å². The first-order chi connectivity index (χ1) is 16.1. The molecule has 1 fully saturated rings. The van der Waals surface area contributed by atoms with Gasteiger partial charge >= 0.3 is 0 Å². The van der Waals surface area contributed by atoms with Gasteiger partial charge in [0.15, 0.2) is 0 Å². The summed E-state index contributed by atoms with van der Waals surface area (Å²) in [5.74, 6) is 1.66. The van der Waals surface area contributed by atoms with Gasteiger partial charge in [-0.2, -0.15) is 5.26 Å². The molecule has 8 nitrogen and oxygen atoms in total. The lowest BCUT2D eigenvalue weighted by atomic mass is 9.85. The molecule has 0 bridgehead atoms. The van der Waals surface area contributed by atoms with Crippen molar-refractivity contribution in [2.45, 2.75) is 25.8 Å². The molecule has 166 valence electrons. The molecule has 0 saturated carbocycles. The molecule has 4 heterocycles. The van der Waals surface area contributed by atoms with Crippen molar-refractivity contribution in [2.24, 2.45) is 16.8 Å². The number of amides is 1. The summed E-state index contributed by atoms with van der Waals surface area (Å²) in [5, 5.41) is 13.5. The minimum absolute atomic E-state index is 0.0104. The second-order valence-electron chi connectivity index (χ2n) is 8.76. The van der Waals surface area contributed by atoms with Crippen molar-refractivity contribution >= 4 is 45.2 Å². The molecule has 1 N–H and O–H groups in total. The zero-order chi connectivity index (χ0) is 22.5. The number of nitrogens with one attached hydrogen (secondary N) is 1. The van der Waals surface area contributed by atoms with Gasteiger partial charge in [0.2, 0.25) is 5.91 Å². The molecule has 1 amide bonds. The van der Waals surface area contributed by atoms with Crippen LogP contribution in [0.3, 0.4) is 0 Å². The van der Waals surface area contributed by atoms with Crippen molar-refractivity contribution in [1.82, 2.24) is 14.9 Å². The van der Waals surface area contributed by atoms with E-state index in [0.29, 0.717) is 19.6 Å². The number of aliphatic imine (C=N–C) groups is 1. The molecular weight excluding hydrogens is 436 g/mol. The third-order valence-electron chi connectivity index (χ3n) is 6.78. The predicted molar refractivity (Wildman–Crippen MR) is 126 cm³/mol. The molecule has 1 aliphatic carbocycles. The fraction of sp³-hybridized carbons (Fsp3) is 0.375. The monoisotopic (exact) mass is 458 g/mol. The summed E-state index contributed by atoms with van der Waals surface area (Å²) in [4.78, 5) is 30.3. The van der Waals surface area contributed by atoms with Gasteiger partial charge < -0.3 is 15.0 Å². The first-order valence-corrected chi connectivity index (χ1v) is 11.9. The number of carbonyl (C=O) groups excluding carboxylic acids is 1. The normalized spacial score (nSPS) is 19.0. The van der Waals surface area contributed by atoms with Crippen LogP contribution < -0.4 is 10.1 Å². The number of nitrogens with zero attached hydrogens (tertiary/aromatic N) is 5. The molecule has 3 aromatic rings. The molecule has 2 aliphatic heterocycles. The number of hydrogen-bond donors (Lipinski definition) is 1. The van der Waals surface area contributed by atoms with Gasteiger partial charge in [-0.15, -0.1) is 11.3 Å². The highest BCUT2D eigenvalue weighted by atomic mass is 32.1. The lowest BCUT2D eigenvalue weighted by Gasteiger charge is -2.38. The number of benzene rings is 1. The van der Waals surface area contributed by atoms with Crippen molar-refractivity contribution in [3.8, 4) is 11.8 Å². The maximum absolute atomic E-state index is 12.9. The number of methoxy groups -OCH3 is 1. The Labute approximate surface area is 194 Å². The van der Waals surface area contributed by atoms with Crippen LogP contribution in [0.15, 0.2) is 23.5 Å². The van der Waals surface area contributed by atoms with Crippen LogP contribution in [0.2, 0.25) is 0 Å². The summed E-state index contributed by atoms with van der Waals surface area (Å²) in [5.41, 5.74) is 4.32. The third kappa shape index (κ3) is 3.33. The van der Waals surface area contributed by atoms with E-state index in [-0.39, 0.29) is 17.7 Å². The summed E-state index contributed by atoms with van der Waals surface area (Å²) in [6.45, 7) is 1.81. The molecular formula is C24H22N6O2S. The van der Waals surface area contributed by atoms with E-state index in [4.69, 9.17) is 10.00 Å². The summed E-state index contributed by atoms with van der Waals surface area (Å²) in [6, 6.07) is 6.31. The number of nitriles is 1. The Morgan fingerprint density at radius 3 is 3.03 bits per heavy atom. The predicted octanol–water partition coefficient (Wildman–Crippen LogP) is 3.46. The van der Waals surface area contributed by atoms with Crippen LogP contribution in [-0.4, -0.2) is 47.2 Å². The number of fused-ring (bicyclic) bond motifs is 4. The minimum Gasteiger partial charge on any atom is -0.495 e. The molecule has 2 aromatic heterocycles. The van der Waals surface area contributed by atoms with Crippen LogP contribution in [0, 0.1) is 23.2 Å². The van der Waals surface area contributed by atoms with Gasteiger partial charge in [-0.25, -0.2) is 9.97 Å². The van der Waals surface area contributed by atoms with E-state index in [1.807, 2.05) is 23.2 Å². The fourth-order valence-electron chi connectivity index (χ4n) is 4.95. The number of aromatic nitrogens is 2. The Kier molecular flexibility index (Phi) is 4.76. The summed E-state index contributed by atoms with van der Waals surface area (Å²) in [7, 11) is 1.67. The summed E-state index contributed by atoms with van der Waals surface area (Å²) in [6.07, 6.45) is 5.81. The molecule has 1 saturated heterocycles. The van der Waals surface area contributed by atoms with Crippen molar-refractivity contribution in [1.29, 1.82) is 5.26 Å². The Morgan fingerprint density at radius 2 is 2.21 bits per heavy atom. The van der Waals surface area contributed by atoms with Crippen molar-refractivity contribution in [3.63, 3.8) is 0 Å². The second kappa shape index (κ2) is 7.81. The maximum atomic E-state index is 12.9. The highest BCUT2D eigenvalue weighted by Gasteiger charge is 2.37. The molecule has 1 atom stereocenters. The Morgan fingerprint density at radius 1 is 1.33 bits per heavy atom. The minimum atomic E-state index is -0.0225. The lowest BCUT2D eigenvalue weighted by Crippen LogP contribution is -2.52. The number of carbonyl (C=O) groups is 1. The Hall–Kier alpha value is -3.51. The zero-order valence-electron chi connectivity index (χ0n) is 18.2. The van der Waals surface area contributed by atoms with E-state index in [1.54, 1.807) is 24.8 Å². The quantitative estimate of drug-likeness (QED) is 0.642. The van der Waals surface area contributed by atoms with Gasteiger partial charge in [0, 0.05) is 30.1 Å². The number of anilines is 2. The van der Waals surface area contributed by atoms with Gasteiger partial charge in [-0.3, -0.25) is 9.79 Å². The average molecular weight is 459 g/mol.